The van der Waals surface area contributed by atoms with Gasteiger partial charge in [0.15, 0.2) is 0 Å². The Morgan fingerprint density at radius 2 is 1.86 bits per heavy atom. The van der Waals surface area contributed by atoms with Gasteiger partial charge in [-0.3, -0.25) is 4.57 Å². The van der Waals surface area contributed by atoms with Crippen LogP contribution in [-0.2, 0) is 18.1 Å². The third-order valence-electron chi connectivity index (χ3n) is 1.38. The van der Waals surface area contributed by atoms with Gasteiger partial charge in [0, 0.05) is 0 Å². The van der Waals surface area contributed by atoms with E-state index in [1.807, 2.05) is 13.8 Å². The summed E-state index contributed by atoms with van der Waals surface area (Å²) in [6.07, 6.45) is 1.16. The molecule has 0 bridgehead atoms. The summed E-state index contributed by atoms with van der Waals surface area (Å²) < 4.78 is 27.3. The normalized spacial score (nSPS) is 12.8. The van der Waals surface area contributed by atoms with Gasteiger partial charge in [-0.1, -0.05) is 0 Å². The minimum absolute atomic E-state index is 0.423. The van der Waals surface area contributed by atoms with Crippen molar-refractivity contribution < 1.29 is 18.1 Å². The lowest BCUT2D eigenvalue weighted by molar-refractivity contribution is 0.218. The molecular weight excluding hydrogens is 337 g/mol. The lowest BCUT2D eigenvalue weighted by Crippen LogP contribution is -2.01. The van der Waals surface area contributed by atoms with Gasteiger partial charge in [0.1, 0.15) is 0 Å². The molecule has 4 nitrogen and oxygen atoms in total. The molecule has 14 heavy (non-hydrogen) atoms. The largest absolute Gasteiger partial charge is 0.352 e. The molecule has 0 rings (SSSR count). The molecule has 0 saturated carbocycles. The van der Waals surface area contributed by atoms with Gasteiger partial charge >= 0.3 is 7.60 Å². The van der Waals surface area contributed by atoms with Crippen LogP contribution >= 0.6 is 36.1 Å². The maximum absolute atomic E-state index is 11.9. The van der Waals surface area contributed by atoms with Gasteiger partial charge in [-0.25, -0.2) is 0 Å². The summed E-state index contributed by atoms with van der Waals surface area (Å²) in [5.41, 5.74) is 0. The molecule has 0 aliphatic carbocycles. The van der Waals surface area contributed by atoms with Crippen molar-refractivity contribution in [2.45, 2.75) is 20.3 Å². The summed E-state index contributed by atoms with van der Waals surface area (Å²) >= 11 is 2.16. The summed E-state index contributed by atoms with van der Waals surface area (Å²) in [5.74, 6) is 0. The number of rotatable bonds is 9. The summed E-state index contributed by atoms with van der Waals surface area (Å²) in [4.78, 5) is 0. The fourth-order valence-corrected chi connectivity index (χ4v) is 3.45. The van der Waals surface area contributed by atoms with E-state index in [2.05, 4.69) is 22.0 Å². The molecule has 86 valence electrons. The molecule has 0 heterocycles. The first kappa shape index (κ1) is 15.3. The van der Waals surface area contributed by atoms with Crippen LogP contribution in [0, 0.1) is 0 Å². The standard InChI is InChI=1S/C7H17IO4P2/c1-3-11-14(9,12-4-2)7-5-6-10-13-8/h13H,3-7H2,1-2H3. The van der Waals surface area contributed by atoms with Crippen LogP contribution < -0.4 is 0 Å². The first-order valence-electron chi connectivity index (χ1n) is 4.54. The van der Waals surface area contributed by atoms with Crippen molar-refractivity contribution in [1.82, 2.24) is 0 Å². The fourth-order valence-electron chi connectivity index (χ4n) is 0.929. The summed E-state index contributed by atoms with van der Waals surface area (Å²) in [6, 6.07) is 0. The number of hydrogen-bond donors (Lipinski definition) is 0. The Morgan fingerprint density at radius 1 is 1.29 bits per heavy atom. The quantitative estimate of drug-likeness (QED) is 0.361. The van der Waals surface area contributed by atoms with Gasteiger partial charge in [-0.15, -0.1) is 0 Å². The Hall–Kier alpha value is 1.27. The van der Waals surface area contributed by atoms with E-state index in [1.54, 1.807) is 0 Å². The van der Waals surface area contributed by atoms with E-state index in [1.165, 1.54) is 0 Å². The molecule has 0 spiro atoms. The molecule has 7 heteroatoms. The highest BCUT2D eigenvalue weighted by atomic mass is 127. The Kier molecular flexibility index (Phi) is 10.4. The molecule has 1 atom stereocenters. The van der Waals surface area contributed by atoms with E-state index in [0.717, 1.165) is 0 Å². The molecule has 0 aliphatic heterocycles. The Balaban J connectivity index is 3.78. The van der Waals surface area contributed by atoms with E-state index >= 15 is 0 Å². The summed E-state index contributed by atoms with van der Waals surface area (Å²) in [6.45, 7) is 5.54. The van der Waals surface area contributed by atoms with Crippen molar-refractivity contribution in [1.29, 1.82) is 0 Å². The molecule has 0 aromatic heterocycles. The van der Waals surface area contributed by atoms with Crippen LogP contribution in [0.3, 0.4) is 0 Å². The monoisotopic (exact) mass is 354 g/mol. The second-order valence-corrected chi connectivity index (χ2v) is 6.40. The lowest BCUT2D eigenvalue weighted by Gasteiger charge is -2.16. The maximum atomic E-state index is 11.9. The lowest BCUT2D eigenvalue weighted by atomic mass is 10.5. The molecule has 0 amide bonds. The van der Waals surface area contributed by atoms with Crippen LogP contribution in [0.5, 0.6) is 0 Å². The van der Waals surface area contributed by atoms with Crippen LogP contribution in [0.2, 0.25) is 0 Å². The summed E-state index contributed by atoms with van der Waals surface area (Å²) in [7, 11) is -2.84. The van der Waals surface area contributed by atoms with Crippen molar-refractivity contribution in [3.8, 4) is 0 Å². The highest BCUT2D eigenvalue weighted by Crippen LogP contribution is 2.48. The fraction of sp³-hybridized carbons (Fsp3) is 1.00. The van der Waals surface area contributed by atoms with Crippen molar-refractivity contribution >= 4 is 36.1 Å². The van der Waals surface area contributed by atoms with Crippen LogP contribution in [0.1, 0.15) is 20.3 Å². The SMILES string of the molecule is CCOP(=O)(CCCOPI)OCC. The Bertz CT molecular complexity index is 169. The molecule has 0 aromatic rings. The second kappa shape index (κ2) is 9.49. The van der Waals surface area contributed by atoms with Gasteiger partial charge < -0.3 is 13.6 Å². The zero-order valence-corrected chi connectivity index (χ0v) is 12.5. The van der Waals surface area contributed by atoms with Gasteiger partial charge in [0.2, 0.25) is 0 Å². The van der Waals surface area contributed by atoms with Crippen LogP contribution in [0.4, 0.5) is 0 Å². The van der Waals surface area contributed by atoms with Crippen LogP contribution in [0.15, 0.2) is 0 Å². The van der Waals surface area contributed by atoms with E-state index in [4.69, 9.17) is 13.6 Å². The second-order valence-electron chi connectivity index (χ2n) is 2.45. The first-order valence-corrected chi connectivity index (χ1v) is 10.3. The van der Waals surface area contributed by atoms with Crippen LogP contribution in [0.25, 0.3) is 0 Å². The first-order chi connectivity index (χ1) is 6.68. The smallest absolute Gasteiger partial charge is 0.330 e. The molecule has 1 unspecified atom stereocenters. The van der Waals surface area contributed by atoms with Gasteiger partial charge in [0.05, 0.1) is 32.4 Å². The van der Waals surface area contributed by atoms with E-state index in [0.29, 0.717) is 38.9 Å². The van der Waals surface area contributed by atoms with Crippen molar-refractivity contribution in [2.24, 2.45) is 0 Å². The zero-order chi connectivity index (χ0) is 10.9. The molecule has 0 aliphatic rings. The highest BCUT2D eigenvalue weighted by Gasteiger charge is 2.22. The topological polar surface area (TPSA) is 44.8 Å². The summed E-state index contributed by atoms with van der Waals surface area (Å²) in [5, 5.41) is 0. The third kappa shape index (κ3) is 7.55. The Morgan fingerprint density at radius 3 is 2.29 bits per heavy atom. The highest BCUT2D eigenvalue weighted by molar-refractivity contribution is 14.2. The molecule has 0 N–H and O–H groups in total. The minimum Gasteiger partial charge on any atom is -0.352 e. The average molecular weight is 354 g/mol. The molecule has 0 aromatic carbocycles. The van der Waals surface area contributed by atoms with Crippen molar-refractivity contribution in [2.75, 3.05) is 26.0 Å². The van der Waals surface area contributed by atoms with Gasteiger partial charge in [-0.05, 0) is 42.3 Å². The van der Waals surface area contributed by atoms with E-state index in [-0.39, 0.29) is 0 Å². The van der Waals surface area contributed by atoms with E-state index in [9.17, 15) is 4.57 Å². The van der Waals surface area contributed by atoms with E-state index < -0.39 is 7.60 Å². The predicted molar refractivity (Wildman–Crippen MR) is 68.6 cm³/mol. The van der Waals surface area contributed by atoms with Crippen molar-refractivity contribution in [3.63, 3.8) is 0 Å². The van der Waals surface area contributed by atoms with Gasteiger partial charge in [0.25, 0.3) is 0 Å². The molecule has 0 fully saturated rings. The average Bonchev–Trinajstić information content (AvgIpc) is 2.13. The van der Waals surface area contributed by atoms with Crippen molar-refractivity contribution in [3.05, 3.63) is 0 Å². The molecule has 0 saturated heterocycles. The molecular formula is C7H17IO4P2. The Labute approximate surface area is 100 Å². The van der Waals surface area contributed by atoms with Crippen LogP contribution in [-0.4, -0.2) is 26.0 Å². The minimum atomic E-state index is -2.84. The van der Waals surface area contributed by atoms with Gasteiger partial charge in [-0.2, -0.15) is 0 Å². The number of hydrogen-bond acceptors (Lipinski definition) is 4. The number of halogens is 1. The predicted octanol–water partition coefficient (Wildman–Crippen LogP) is 3.60. The maximum Gasteiger partial charge on any atom is 0.330 e. The third-order valence-corrected chi connectivity index (χ3v) is 4.80. The zero-order valence-electron chi connectivity index (χ0n) is 8.49. The molecule has 0 radical (unpaired) electrons.